The molecule has 3 unspecified atom stereocenters. The van der Waals surface area contributed by atoms with Crippen molar-refractivity contribution in [2.24, 2.45) is 11.8 Å². The minimum atomic E-state index is 0.213. The summed E-state index contributed by atoms with van der Waals surface area (Å²) in [6.07, 6.45) is 5.50. The molecule has 3 nitrogen and oxygen atoms in total. The molecule has 104 valence electrons. The number of benzene rings is 1. The Labute approximate surface area is 115 Å². The zero-order valence-electron chi connectivity index (χ0n) is 11.6. The van der Waals surface area contributed by atoms with Gasteiger partial charge in [0.1, 0.15) is 0 Å². The third-order valence-corrected chi connectivity index (χ3v) is 4.73. The van der Waals surface area contributed by atoms with Crippen molar-refractivity contribution >= 4 is 0 Å². The average Bonchev–Trinajstić information content (AvgIpc) is 2.75. The van der Waals surface area contributed by atoms with Crippen molar-refractivity contribution in [3.8, 4) is 0 Å². The van der Waals surface area contributed by atoms with Crippen LogP contribution in [0.3, 0.4) is 0 Å². The van der Waals surface area contributed by atoms with Gasteiger partial charge in [-0.2, -0.15) is 0 Å². The summed E-state index contributed by atoms with van der Waals surface area (Å²) < 4.78 is 5.68. The summed E-state index contributed by atoms with van der Waals surface area (Å²) >= 11 is 0. The second-order valence-corrected chi connectivity index (χ2v) is 6.08. The first-order valence-electron chi connectivity index (χ1n) is 7.45. The third kappa shape index (κ3) is 2.69. The van der Waals surface area contributed by atoms with Crippen LogP contribution >= 0.6 is 0 Å². The molecule has 1 aromatic carbocycles. The summed E-state index contributed by atoms with van der Waals surface area (Å²) in [5, 5.41) is 0. The molecule has 1 saturated heterocycles. The van der Waals surface area contributed by atoms with Crippen LogP contribution in [0.25, 0.3) is 0 Å². The average molecular weight is 260 g/mol. The van der Waals surface area contributed by atoms with E-state index in [0.717, 1.165) is 18.9 Å². The van der Waals surface area contributed by atoms with Crippen molar-refractivity contribution in [1.82, 2.24) is 5.43 Å². The van der Waals surface area contributed by atoms with E-state index in [4.69, 9.17) is 10.6 Å². The predicted molar refractivity (Wildman–Crippen MR) is 76.6 cm³/mol. The summed E-state index contributed by atoms with van der Waals surface area (Å²) in [5.74, 6) is 7.06. The fourth-order valence-electron chi connectivity index (χ4n) is 3.34. The Hall–Kier alpha value is -0.900. The Balaban J connectivity index is 1.78. The zero-order valence-corrected chi connectivity index (χ0v) is 11.6. The summed E-state index contributed by atoms with van der Waals surface area (Å²) in [6, 6.07) is 9.18. The quantitative estimate of drug-likeness (QED) is 0.646. The largest absolute Gasteiger partial charge is 0.378 e. The van der Waals surface area contributed by atoms with Gasteiger partial charge in [0.25, 0.3) is 0 Å². The van der Waals surface area contributed by atoms with Gasteiger partial charge in [-0.15, -0.1) is 0 Å². The van der Waals surface area contributed by atoms with Crippen molar-refractivity contribution in [1.29, 1.82) is 0 Å². The van der Waals surface area contributed by atoms with Crippen molar-refractivity contribution in [3.63, 3.8) is 0 Å². The van der Waals surface area contributed by atoms with Gasteiger partial charge in [-0.1, -0.05) is 30.7 Å². The van der Waals surface area contributed by atoms with Crippen molar-refractivity contribution in [2.75, 3.05) is 6.61 Å². The van der Waals surface area contributed by atoms with E-state index in [2.05, 4.69) is 36.6 Å². The Bertz CT molecular complexity index is 431. The zero-order chi connectivity index (χ0) is 13.2. The van der Waals surface area contributed by atoms with Crippen molar-refractivity contribution < 1.29 is 4.74 Å². The first kappa shape index (κ1) is 13.1. The number of hydrogen-bond acceptors (Lipinski definition) is 3. The van der Waals surface area contributed by atoms with Crippen LogP contribution in [-0.2, 0) is 4.74 Å². The van der Waals surface area contributed by atoms with E-state index >= 15 is 0 Å². The van der Waals surface area contributed by atoms with Crippen LogP contribution in [0, 0.1) is 5.92 Å². The van der Waals surface area contributed by atoms with Gasteiger partial charge >= 0.3 is 0 Å². The highest BCUT2D eigenvalue weighted by atomic mass is 16.5. The van der Waals surface area contributed by atoms with Gasteiger partial charge in [-0.05, 0) is 43.2 Å². The maximum atomic E-state index is 5.80. The van der Waals surface area contributed by atoms with E-state index in [1.807, 2.05) is 0 Å². The Morgan fingerprint density at radius 3 is 2.79 bits per heavy atom. The van der Waals surface area contributed by atoms with Crippen molar-refractivity contribution in [3.05, 3.63) is 35.4 Å². The summed E-state index contributed by atoms with van der Waals surface area (Å²) in [6.45, 7) is 2.95. The summed E-state index contributed by atoms with van der Waals surface area (Å²) in [7, 11) is 0. The van der Waals surface area contributed by atoms with Crippen LogP contribution in [0.15, 0.2) is 24.3 Å². The molecular formula is C16H24N2O. The fraction of sp³-hybridized carbons (Fsp3) is 0.625. The minimum Gasteiger partial charge on any atom is -0.378 e. The van der Waals surface area contributed by atoms with Crippen LogP contribution in [-0.4, -0.2) is 12.7 Å². The molecule has 2 fully saturated rings. The molecule has 3 atom stereocenters. The maximum absolute atomic E-state index is 5.80. The lowest BCUT2D eigenvalue weighted by Crippen LogP contribution is -2.34. The number of ether oxygens (including phenoxy) is 1. The smallest absolute Gasteiger partial charge is 0.0551 e. The lowest BCUT2D eigenvalue weighted by molar-refractivity contribution is 0.117. The SMILES string of the molecule is CC1CC(C(NN)c2cccc(C3CCC3)c2)CO1. The first-order valence-corrected chi connectivity index (χ1v) is 7.45. The van der Waals surface area contributed by atoms with Gasteiger partial charge in [0.15, 0.2) is 0 Å². The molecule has 1 aliphatic carbocycles. The second-order valence-electron chi connectivity index (χ2n) is 6.08. The molecule has 3 rings (SSSR count). The first-order chi connectivity index (χ1) is 9.28. The van der Waals surface area contributed by atoms with Gasteiger partial charge in [0.05, 0.1) is 18.8 Å². The van der Waals surface area contributed by atoms with Crippen LogP contribution in [0.5, 0.6) is 0 Å². The van der Waals surface area contributed by atoms with Gasteiger partial charge in [0.2, 0.25) is 0 Å². The van der Waals surface area contributed by atoms with E-state index in [9.17, 15) is 0 Å². The molecule has 3 heteroatoms. The Kier molecular flexibility index (Phi) is 3.87. The lowest BCUT2D eigenvalue weighted by atomic mass is 9.79. The predicted octanol–water partition coefficient (Wildman–Crippen LogP) is 2.88. The molecule has 0 radical (unpaired) electrons. The fourth-order valence-corrected chi connectivity index (χ4v) is 3.34. The van der Waals surface area contributed by atoms with E-state index in [-0.39, 0.29) is 6.04 Å². The molecule has 1 heterocycles. The highest BCUT2D eigenvalue weighted by Crippen LogP contribution is 2.38. The van der Waals surface area contributed by atoms with Crippen LogP contribution < -0.4 is 11.3 Å². The number of nitrogens with two attached hydrogens (primary N) is 1. The topological polar surface area (TPSA) is 47.3 Å². The van der Waals surface area contributed by atoms with E-state index in [1.165, 1.54) is 30.4 Å². The van der Waals surface area contributed by atoms with E-state index in [1.54, 1.807) is 0 Å². The van der Waals surface area contributed by atoms with Crippen LogP contribution in [0.2, 0.25) is 0 Å². The number of rotatable bonds is 4. The van der Waals surface area contributed by atoms with E-state index in [0.29, 0.717) is 12.0 Å². The van der Waals surface area contributed by atoms with Crippen LogP contribution in [0.1, 0.15) is 55.7 Å². The van der Waals surface area contributed by atoms with Crippen LogP contribution in [0.4, 0.5) is 0 Å². The Morgan fingerprint density at radius 2 is 2.21 bits per heavy atom. The number of nitrogens with one attached hydrogen (secondary N) is 1. The minimum absolute atomic E-state index is 0.213. The summed E-state index contributed by atoms with van der Waals surface area (Å²) in [5.41, 5.74) is 5.80. The molecule has 1 saturated carbocycles. The third-order valence-electron chi connectivity index (χ3n) is 4.73. The van der Waals surface area contributed by atoms with Gasteiger partial charge in [0, 0.05) is 5.92 Å². The highest BCUT2D eigenvalue weighted by Gasteiger charge is 2.30. The monoisotopic (exact) mass is 260 g/mol. The molecule has 0 spiro atoms. The van der Waals surface area contributed by atoms with Gasteiger partial charge < -0.3 is 4.74 Å². The molecule has 1 aromatic rings. The van der Waals surface area contributed by atoms with Crippen molar-refractivity contribution in [2.45, 2.75) is 50.7 Å². The molecule has 0 amide bonds. The molecule has 0 aromatic heterocycles. The molecule has 0 bridgehead atoms. The number of hydrogen-bond donors (Lipinski definition) is 2. The molecule has 19 heavy (non-hydrogen) atoms. The van der Waals surface area contributed by atoms with Gasteiger partial charge in [-0.3, -0.25) is 11.3 Å². The maximum Gasteiger partial charge on any atom is 0.0551 e. The summed E-state index contributed by atoms with van der Waals surface area (Å²) in [4.78, 5) is 0. The molecule has 2 aliphatic rings. The normalized spacial score (nSPS) is 29.2. The molecule has 1 aliphatic heterocycles. The van der Waals surface area contributed by atoms with E-state index < -0.39 is 0 Å². The second kappa shape index (κ2) is 5.61. The standard InChI is InChI=1S/C16H24N2O/c1-11-8-15(10-19-11)16(18-17)14-7-3-6-13(9-14)12-4-2-5-12/h3,6-7,9,11-12,15-16,18H,2,4-5,8,10,17H2,1H3. The molecular weight excluding hydrogens is 236 g/mol. The lowest BCUT2D eigenvalue weighted by Gasteiger charge is -2.28. The van der Waals surface area contributed by atoms with Gasteiger partial charge in [-0.25, -0.2) is 0 Å². The number of hydrazine groups is 1. The molecule has 3 N–H and O–H groups in total. The Morgan fingerprint density at radius 1 is 1.37 bits per heavy atom. The highest BCUT2D eigenvalue weighted by molar-refractivity contribution is 5.30.